The van der Waals surface area contributed by atoms with Crippen molar-refractivity contribution in [3.05, 3.63) is 35.9 Å². The highest BCUT2D eigenvalue weighted by molar-refractivity contribution is 5.80. The Morgan fingerprint density at radius 2 is 1.77 bits per heavy atom. The Labute approximate surface area is 153 Å². The van der Waals surface area contributed by atoms with Gasteiger partial charge < -0.3 is 15.3 Å². The van der Waals surface area contributed by atoms with Crippen LogP contribution in [0.2, 0.25) is 0 Å². The van der Waals surface area contributed by atoms with E-state index in [-0.39, 0.29) is 29.7 Å². The van der Waals surface area contributed by atoms with Crippen molar-refractivity contribution in [2.24, 2.45) is 11.8 Å². The van der Waals surface area contributed by atoms with Gasteiger partial charge in [0, 0.05) is 25.4 Å². The van der Waals surface area contributed by atoms with E-state index in [1.807, 2.05) is 35.2 Å². The highest BCUT2D eigenvalue weighted by Crippen LogP contribution is 2.30. The molecule has 26 heavy (non-hydrogen) atoms. The first-order valence-electron chi connectivity index (χ1n) is 9.40. The highest BCUT2D eigenvalue weighted by atomic mass is 16.4. The summed E-state index contributed by atoms with van der Waals surface area (Å²) in [7, 11) is 0. The maximum absolute atomic E-state index is 12.8. The fraction of sp³-hybridized carbons (Fsp3) is 0.550. The summed E-state index contributed by atoms with van der Waals surface area (Å²) in [5.41, 5.74) is 0.986. The number of hydrogen-bond acceptors (Lipinski definition) is 3. The molecule has 1 atom stereocenters. The van der Waals surface area contributed by atoms with Crippen molar-refractivity contribution in [2.75, 3.05) is 13.1 Å². The third kappa shape index (κ3) is 4.42. The zero-order valence-electron chi connectivity index (χ0n) is 14.9. The summed E-state index contributed by atoms with van der Waals surface area (Å²) in [6.07, 6.45) is 3.75. The molecule has 2 aliphatic rings. The van der Waals surface area contributed by atoms with E-state index < -0.39 is 5.97 Å². The lowest BCUT2D eigenvalue weighted by atomic mass is 9.81. The van der Waals surface area contributed by atoms with Crippen LogP contribution in [0.1, 0.15) is 50.1 Å². The quantitative estimate of drug-likeness (QED) is 0.817. The number of carbonyl (C=O) groups excluding carboxylic acids is 2. The Balaban J connectivity index is 1.64. The number of nitrogens with one attached hydrogen (secondary N) is 1. The highest BCUT2D eigenvalue weighted by Gasteiger charge is 2.32. The van der Waals surface area contributed by atoms with Crippen LogP contribution in [-0.2, 0) is 14.4 Å². The lowest BCUT2D eigenvalue weighted by Crippen LogP contribution is -2.42. The number of carboxylic acids is 1. The molecule has 1 aromatic rings. The minimum atomic E-state index is -0.765. The van der Waals surface area contributed by atoms with Gasteiger partial charge in [0.15, 0.2) is 0 Å². The number of nitrogens with zero attached hydrogens (tertiary/aromatic N) is 1. The number of hydrogen-bond donors (Lipinski definition) is 2. The first-order valence-corrected chi connectivity index (χ1v) is 9.40. The smallest absolute Gasteiger partial charge is 0.306 e. The summed E-state index contributed by atoms with van der Waals surface area (Å²) >= 11 is 0. The van der Waals surface area contributed by atoms with Gasteiger partial charge in [-0.3, -0.25) is 14.4 Å². The van der Waals surface area contributed by atoms with E-state index in [2.05, 4.69) is 5.32 Å². The summed E-state index contributed by atoms with van der Waals surface area (Å²) in [6, 6.07) is 9.48. The van der Waals surface area contributed by atoms with Gasteiger partial charge in [0.2, 0.25) is 11.8 Å². The van der Waals surface area contributed by atoms with Gasteiger partial charge in [-0.15, -0.1) is 0 Å². The van der Waals surface area contributed by atoms with Crippen molar-refractivity contribution in [2.45, 2.75) is 44.6 Å². The molecule has 1 saturated heterocycles. The first kappa shape index (κ1) is 18.4. The number of carboxylic acid groups (broad SMARTS) is 1. The molecule has 2 amide bonds. The maximum atomic E-state index is 12.8. The molecule has 0 unspecified atom stereocenters. The standard InChI is InChI=1S/C20H26N2O4/c23-18-7-4-12-22(18)13-17(14-5-2-1-3-6-14)21-19(24)15-8-10-16(11-9-15)20(25)26/h1-3,5-6,15-17H,4,7-13H2,(H,21,24)(H,25,26)/t15?,16?,17-/m0/s1. The Kier molecular flexibility index (Phi) is 5.91. The Morgan fingerprint density at radius 3 is 2.35 bits per heavy atom. The topological polar surface area (TPSA) is 86.7 Å². The maximum Gasteiger partial charge on any atom is 0.306 e. The lowest BCUT2D eigenvalue weighted by molar-refractivity contribution is -0.144. The van der Waals surface area contributed by atoms with Crippen LogP contribution in [0.25, 0.3) is 0 Å². The van der Waals surface area contributed by atoms with E-state index in [1.165, 1.54) is 0 Å². The molecule has 0 spiro atoms. The van der Waals surface area contributed by atoms with Gasteiger partial charge in [0.25, 0.3) is 0 Å². The van der Waals surface area contributed by atoms with Gasteiger partial charge in [-0.05, 0) is 37.7 Å². The van der Waals surface area contributed by atoms with Crippen molar-refractivity contribution < 1.29 is 19.5 Å². The van der Waals surface area contributed by atoms with Gasteiger partial charge in [-0.1, -0.05) is 30.3 Å². The molecule has 1 saturated carbocycles. The molecule has 6 heteroatoms. The van der Waals surface area contributed by atoms with Crippen LogP contribution in [0.15, 0.2) is 30.3 Å². The largest absolute Gasteiger partial charge is 0.481 e. The molecular formula is C20H26N2O4. The number of amides is 2. The minimum absolute atomic E-state index is 0.0330. The van der Waals surface area contributed by atoms with Gasteiger partial charge in [0.1, 0.15) is 0 Å². The van der Waals surface area contributed by atoms with E-state index in [9.17, 15) is 14.4 Å². The molecule has 1 aliphatic heterocycles. The summed E-state index contributed by atoms with van der Waals surface area (Å²) in [6.45, 7) is 1.22. The predicted octanol–water partition coefficient (Wildman–Crippen LogP) is 2.36. The molecule has 2 fully saturated rings. The summed E-state index contributed by atoms with van der Waals surface area (Å²) in [5, 5.41) is 12.2. The molecule has 2 N–H and O–H groups in total. The number of aliphatic carboxylic acids is 1. The van der Waals surface area contributed by atoms with E-state index >= 15 is 0 Å². The number of rotatable bonds is 6. The lowest BCUT2D eigenvalue weighted by Gasteiger charge is -2.29. The summed E-state index contributed by atoms with van der Waals surface area (Å²) in [5.74, 6) is -1.13. The second kappa shape index (κ2) is 8.34. The predicted molar refractivity (Wildman–Crippen MR) is 96.2 cm³/mol. The second-order valence-electron chi connectivity index (χ2n) is 7.30. The van der Waals surface area contributed by atoms with Gasteiger partial charge in [-0.2, -0.15) is 0 Å². The zero-order chi connectivity index (χ0) is 18.5. The average molecular weight is 358 g/mol. The molecule has 3 rings (SSSR count). The number of likely N-dealkylation sites (tertiary alicyclic amines) is 1. The van der Waals surface area contributed by atoms with Crippen LogP contribution in [0.3, 0.4) is 0 Å². The number of carbonyl (C=O) groups is 3. The molecule has 140 valence electrons. The molecule has 6 nitrogen and oxygen atoms in total. The molecule has 1 aromatic carbocycles. The van der Waals surface area contributed by atoms with Crippen LogP contribution in [0, 0.1) is 11.8 Å². The normalized spacial score (nSPS) is 24.3. The Bertz CT molecular complexity index is 653. The molecule has 0 aromatic heterocycles. The fourth-order valence-corrected chi connectivity index (χ4v) is 3.93. The second-order valence-corrected chi connectivity index (χ2v) is 7.30. The van der Waals surface area contributed by atoms with Gasteiger partial charge >= 0.3 is 5.97 Å². The monoisotopic (exact) mass is 358 g/mol. The van der Waals surface area contributed by atoms with Crippen LogP contribution >= 0.6 is 0 Å². The average Bonchev–Trinajstić information content (AvgIpc) is 3.06. The van der Waals surface area contributed by atoms with Crippen LogP contribution in [0.5, 0.6) is 0 Å². The van der Waals surface area contributed by atoms with E-state index in [1.54, 1.807) is 0 Å². The van der Waals surface area contributed by atoms with E-state index in [4.69, 9.17) is 5.11 Å². The Hall–Kier alpha value is -2.37. The zero-order valence-corrected chi connectivity index (χ0v) is 14.9. The SMILES string of the molecule is O=C(O)C1CCC(C(=O)N[C@@H](CN2CCCC2=O)c2ccccc2)CC1. The first-order chi connectivity index (χ1) is 12.5. The van der Waals surface area contributed by atoms with Crippen molar-refractivity contribution in [1.82, 2.24) is 10.2 Å². The molecule has 0 radical (unpaired) electrons. The van der Waals surface area contributed by atoms with Gasteiger partial charge in [-0.25, -0.2) is 0 Å². The molecule has 1 heterocycles. The molecule has 0 bridgehead atoms. The summed E-state index contributed by atoms with van der Waals surface area (Å²) < 4.78 is 0. The van der Waals surface area contributed by atoms with Crippen LogP contribution in [-0.4, -0.2) is 40.9 Å². The number of benzene rings is 1. The van der Waals surface area contributed by atoms with Crippen molar-refractivity contribution in [3.8, 4) is 0 Å². The van der Waals surface area contributed by atoms with Crippen LogP contribution in [0.4, 0.5) is 0 Å². The van der Waals surface area contributed by atoms with Crippen molar-refractivity contribution >= 4 is 17.8 Å². The molecular weight excluding hydrogens is 332 g/mol. The Morgan fingerprint density at radius 1 is 1.12 bits per heavy atom. The minimum Gasteiger partial charge on any atom is -0.481 e. The van der Waals surface area contributed by atoms with E-state index in [0.29, 0.717) is 38.6 Å². The van der Waals surface area contributed by atoms with Crippen LogP contribution < -0.4 is 5.32 Å². The molecule has 1 aliphatic carbocycles. The third-order valence-electron chi connectivity index (χ3n) is 5.54. The van der Waals surface area contributed by atoms with Crippen molar-refractivity contribution in [3.63, 3.8) is 0 Å². The third-order valence-corrected chi connectivity index (χ3v) is 5.54. The van der Waals surface area contributed by atoms with Gasteiger partial charge in [0.05, 0.1) is 12.0 Å². The van der Waals surface area contributed by atoms with Crippen molar-refractivity contribution in [1.29, 1.82) is 0 Å². The summed E-state index contributed by atoms with van der Waals surface area (Å²) in [4.78, 5) is 37.6. The van der Waals surface area contributed by atoms with E-state index in [0.717, 1.165) is 18.5 Å². The fourth-order valence-electron chi connectivity index (χ4n) is 3.93.